The third-order valence-electron chi connectivity index (χ3n) is 4.18. The van der Waals surface area contributed by atoms with Crippen LogP contribution in [-0.2, 0) is 12.7 Å². The van der Waals surface area contributed by atoms with Crippen LogP contribution in [0.25, 0.3) is 0 Å². The second-order valence-corrected chi connectivity index (χ2v) is 6.22. The highest BCUT2D eigenvalue weighted by atomic mass is 19.4. The van der Waals surface area contributed by atoms with Crippen LogP contribution in [0.1, 0.15) is 25.0 Å². The molecule has 1 aromatic carbocycles. The molecule has 0 radical (unpaired) electrons. The first-order chi connectivity index (χ1) is 14.4. The number of benzene rings is 1. The molecule has 0 spiro atoms. The number of halogens is 3. The molecule has 2 N–H and O–H groups in total. The Morgan fingerprint density at radius 1 is 1.00 bits per heavy atom. The van der Waals surface area contributed by atoms with Crippen molar-refractivity contribution in [1.29, 1.82) is 0 Å². The fourth-order valence-corrected chi connectivity index (χ4v) is 2.66. The second-order valence-electron chi connectivity index (χ2n) is 6.22. The molecule has 8 nitrogen and oxygen atoms in total. The molecule has 158 valence electrons. The van der Waals surface area contributed by atoms with Crippen LogP contribution in [0.3, 0.4) is 0 Å². The Morgan fingerprint density at radius 3 is 2.43 bits per heavy atom. The number of rotatable bonds is 8. The van der Waals surface area contributed by atoms with Gasteiger partial charge in [-0.2, -0.15) is 28.1 Å². The van der Waals surface area contributed by atoms with Crippen LogP contribution in [-0.4, -0.2) is 38.0 Å². The molecular formula is C19H21F3N8. The molecule has 3 rings (SSSR count). The van der Waals surface area contributed by atoms with E-state index in [1.165, 1.54) is 18.5 Å². The van der Waals surface area contributed by atoms with Gasteiger partial charge in [0, 0.05) is 32.0 Å². The van der Waals surface area contributed by atoms with Crippen LogP contribution in [0.5, 0.6) is 0 Å². The predicted molar refractivity (Wildman–Crippen MR) is 107 cm³/mol. The Morgan fingerprint density at radius 2 is 1.77 bits per heavy atom. The Labute approximate surface area is 171 Å². The largest absolute Gasteiger partial charge is 0.416 e. The quantitative estimate of drug-likeness (QED) is 0.569. The number of hydrogen-bond donors (Lipinski definition) is 2. The average Bonchev–Trinajstić information content (AvgIpc) is 2.73. The summed E-state index contributed by atoms with van der Waals surface area (Å²) in [4.78, 5) is 23.2. The van der Waals surface area contributed by atoms with E-state index in [1.807, 2.05) is 18.7 Å². The lowest BCUT2D eigenvalue weighted by atomic mass is 10.1. The van der Waals surface area contributed by atoms with Crippen molar-refractivity contribution in [2.75, 3.05) is 28.6 Å². The van der Waals surface area contributed by atoms with E-state index in [9.17, 15) is 13.2 Å². The van der Waals surface area contributed by atoms with Gasteiger partial charge in [0.05, 0.1) is 11.8 Å². The van der Waals surface area contributed by atoms with Crippen LogP contribution < -0.4 is 15.5 Å². The lowest BCUT2D eigenvalue weighted by molar-refractivity contribution is -0.137. The van der Waals surface area contributed by atoms with E-state index in [4.69, 9.17) is 0 Å². The maximum absolute atomic E-state index is 12.9. The summed E-state index contributed by atoms with van der Waals surface area (Å²) >= 11 is 0. The molecule has 0 aliphatic carbocycles. The molecule has 0 amide bonds. The number of aromatic nitrogens is 5. The second kappa shape index (κ2) is 9.33. The zero-order valence-corrected chi connectivity index (χ0v) is 16.5. The molecule has 2 aromatic heterocycles. The standard InChI is InChI=1S/C19H21F3N8/c1-3-30(4-2)18-28-16(27-17(29-18)26-15-12-23-8-9-24-15)25-11-13-6-5-7-14(10-13)19(20,21)22/h5-10,12H,3-4,11H2,1-2H3,(H2,24,25,26,27,28,29). The zero-order chi connectivity index (χ0) is 21.6. The first-order valence-corrected chi connectivity index (χ1v) is 9.33. The van der Waals surface area contributed by atoms with Crippen molar-refractivity contribution in [3.8, 4) is 0 Å². The molecule has 30 heavy (non-hydrogen) atoms. The molecule has 3 aromatic rings. The van der Waals surface area contributed by atoms with Gasteiger partial charge in [0.15, 0.2) is 5.82 Å². The highest BCUT2D eigenvalue weighted by Gasteiger charge is 2.30. The first kappa shape index (κ1) is 21.2. The molecule has 0 saturated heterocycles. The Balaban J connectivity index is 1.84. The predicted octanol–water partition coefficient (Wildman–Crippen LogP) is 3.88. The zero-order valence-electron chi connectivity index (χ0n) is 16.5. The number of anilines is 4. The van der Waals surface area contributed by atoms with Gasteiger partial charge in [-0.1, -0.05) is 12.1 Å². The minimum Gasteiger partial charge on any atom is -0.350 e. The summed E-state index contributed by atoms with van der Waals surface area (Å²) in [5, 5.41) is 5.94. The van der Waals surface area contributed by atoms with E-state index in [1.54, 1.807) is 12.3 Å². The van der Waals surface area contributed by atoms with Crippen molar-refractivity contribution in [2.24, 2.45) is 0 Å². The van der Waals surface area contributed by atoms with Crippen molar-refractivity contribution in [1.82, 2.24) is 24.9 Å². The Hall–Kier alpha value is -3.50. The van der Waals surface area contributed by atoms with Gasteiger partial charge >= 0.3 is 6.18 Å². The summed E-state index contributed by atoms with van der Waals surface area (Å²) in [6.07, 6.45) is 0.201. The maximum Gasteiger partial charge on any atom is 0.416 e. The number of hydrogen-bond acceptors (Lipinski definition) is 8. The minimum absolute atomic E-state index is 0.121. The number of nitrogens with one attached hydrogen (secondary N) is 2. The van der Waals surface area contributed by atoms with E-state index in [2.05, 4.69) is 35.6 Å². The Kier molecular flexibility index (Phi) is 6.60. The summed E-state index contributed by atoms with van der Waals surface area (Å²) < 4.78 is 38.8. The Bertz CT molecular complexity index is 961. The van der Waals surface area contributed by atoms with Crippen LogP contribution >= 0.6 is 0 Å². The monoisotopic (exact) mass is 418 g/mol. The van der Waals surface area contributed by atoms with Gasteiger partial charge in [-0.25, -0.2) is 4.98 Å². The lowest BCUT2D eigenvalue weighted by Gasteiger charge is -2.19. The van der Waals surface area contributed by atoms with Gasteiger partial charge in [-0.15, -0.1) is 0 Å². The summed E-state index contributed by atoms with van der Waals surface area (Å²) in [5.41, 5.74) is -0.246. The minimum atomic E-state index is -4.40. The fraction of sp³-hybridized carbons (Fsp3) is 0.316. The van der Waals surface area contributed by atoms with Crippen molar-refractivity contribution >= 4 is 23.7 Å². The molecule has 0 aliphatic rings. The molecule has 0 atom stereocenters. The topological polar surface area (TPSA) is 91.8 Å². The summed E-state index contributed by atoms with van der Waals surface area (Å²) in [6, 6.07) is 5.11. The molecule has 0 bridgehead atoms. The third kappa shape index (κ3) is 5.52. The summed E-state index contributed by atoms with van der Waals surface area (Å²) in [5.74, 6) is 1.38. The van der Waals surface area contributed by atoms with Gasteiger partial charge in [0.2, 0.25) is 17.8 Å². The van der Waals surface area contributed by atoms with Crippen LogP contribution in [0.15, 0.2) is 42.9 Å². The third-order valence-corrected chi connectivity index (χ3v) is 4.18. The van der Waals surface area contributed by atoms with E-state index in [0.29, 0.717) is 30.4 Å². The van der Waals surface area contributed by atoms with E-state index < -0.39 is 11.7 Å². The maximum atomic E-state index is 12.9. The molecule has 0 saturated carbocycles. The lowest BCUT2D eigenvalue weighted by Crippen LogP contribution is -2.25. The number of nitrogens with zero attached hydrogens (tertiary/aromatic N) is 6. The van der Waals surface area contributed by atoms with E-state index in [-0.39, 0.29) is 18.4 Å². The molecule has 0 aliphatic heterocycles. The smallest absolute Gasteiger partial charge is 0.350 e. The van der Waals surface area contributed by atoms with Gasteiger partial charge < -0.3 is 15.5 Å². The SMILES string of the molecule is CCN(CC)c1nc(NCc2cccc(C(F)(F)F)c2)nc(Nc2cnccn2)n1. The van der Waals surface area contributed by atoms with Gasteiger partial charge in [-0.3, -0.25) is 4.98 Å². The summed E-state index contributed by atoms with van der Waals surface area (Å²) in [6.45, 7) is 5.42. The highest BCUT2D eigenvalue weighted by molar-refractivity contribution is 5.51. The highest BCUT2D eigenvalue weighted by Crippen LogP contribution is 2.29. The molecule has 2 heterocycles. The summed E-state index contributed by atoms with van der Waals surface area (Å²) in [7, 11) is 0. The average molecular weight is 418 g/mol. The normalized spacial score (nSPS) is 11.2. The molecule has 0 fully saturated rings. The van der Waals surface area contributed by atoms with Crippen molar-refractivity contribution < 1.29 is 13.2 Å². The molecule has 11 heteroatoms. The van der Waals surface area contributed by atoms with E-state index in [0.717, 1.165) is 12.1 Å². The van der Waals surface area contributed by atoms with Gasteiger partial charge in [0.25, 0.3) is 0 Å². The van der Waals surface area contributed by atoms with Crippen LogP contribution in [0, 0.1) is 0 Å². The van der Waals surface area contributed by atoms with Crippen molar-refractivity contribution in [2.45, 2.75) is 26.6 Å². The van der Waals surface area contributed by atoms with Crippen molar-refractivity contribution in [3.63, 3.8) is 0 Å². The van der Waals surface area contributed by atoms with Gasteiger partial charge in [-0.05, 0) is 31.5 Å². The van der Waals surface area contributed by atoms with Crippen LogP contribution in [0.4, 0.5) is 36.8 Å². The van der Waals surface area contributed by atoms with Gasteiger partial charge in [0.1, 0.15) is 0 Å². The molecular weight excluding hydrogens is 397 g/mol. The van der Waals surface area contributed by atoms with E-state index >= 15 is 0 Å². The molecule has 0 unspecified atom stereocenters. The van der Waals surface area contributed by atoms with Crippen LogP contribution in [0.2, 0.25) is 0 Å². The number of alkyl halides is 3. The fourth-order valence-electron chi connectivity index (χ4n) is 2.66. The van der Waals surface area contributed by atoms with Crippen molar-refractivity contribution in [3.05, 3.63) is 54.0 Å². The first-order valence-electron chi connectivity index (χ1n) is 9.33.